The highest BCUT2D eigenvalue weighted by atomic mass is 16.4. The van der Waals surface area contributed by atoms with Gasteiger partial charge in [0, 0.05) is 18.8 Å². The van der Waals surface area contributed by atoms with Crippen LogP contribution in [0.1, 0.15) is 28.4 Å². The number of benzene rings is 2. The van der Waals surface area contributed by atoms with E-state index in [2.05, 4.69) is 10.6 Å². The summed E-state index contributed by atoms with van der Waals surface area (Å²) in [6, 6.07) is 11.7. The molecule has 1 heterocycles. The molecule has 7 nitrogen and oxygen atoms in total. The van der Waals surface area contributed by atoms with Crippen LogP contribution in [0.5, 0.6) is 0 Å². The number of carboxylic acid groups (broad SMARTS) is 1. The Bertz CT molecular complexity index is 895. The van der Waals surface area contributed by atoms with Crippen molar-refractivity contribution in [1.82, 2.24) is 5.32 Å². The van der Waals surface area contributed by atoms with E-state index in [1.165, 1.54) is 6.07 Å². The summed E-state index contributed by atoms with van der Waals surface area (Å²) < 4.78 is 0. The van der Waals surface area contributed by atoms with E-state index >= 15 is 0 Å². The smallest absolute Gasteiger partial charge is 0.335 e. The van der Waals surface area contributed by atoms with Crippen LogP contribution in [0.4, 0.5) is 16.2 Å². The highest BCUT2D eigenvalue weighted by molar-refractivity contribution is 5.98. The Kier molecular flexibility index (Phi) is 5.40. The summed E-state index contributed by atoms with van der Waals surface area (Å²) in [5, 5.41) is 14.8. The van der Waals surface area contributed by atoms with Gasteiger partial charge >= 0.3 is 12.0 Å². The van der Waals surface area contributed by atoms with Gasteiger partial charge in [0.05, 0.1) is 17.7 Å². The minimum Gasteiger partial charge on any atom is -0.478 e. The van der Waals surface area contributed by atoms with Crippen molar-refractivity contribution in [2.45, 2.75) is 19.8 Å². The van der Waals surface area contributed by atoms with Gasteiger partial charge in [0.2, 0.25) is 5.91 Å². The Morgan fingerprint density at radius 1 is 1.15 bits per heavy atom. The number of rotatable bonds is 5. The summed E-state index contributed by atoms with van der Waals surface area (Å²) in [5.41, 5.74) is 2.97. The molecule has 0 radical (unpaired) electrons. The van der Waals surface area contributed by atoms with Gasteiger partial charge in [0.1, 0.15) is 0 Å². The number of anilines is 2. The molecule has 7 heteroatoms. The second kappa shape index (κ2) is 7.90. The van der Waals surface area contributed by atoms with Gasteiger partial charge in [-0.25, -0.2) is 9.59 Å². The van der Waals surface area contributed by atoms with Crippen molar-refractivity contribution in [3.05, 3.63) is 59.2 Å². The number of amides is 3. The van der Waals surface area contributed by atoms with E-state index < -0.39 is 5.97 Å². The molecule has 3 amide bonds. The molecule has 0 unspecified atom stereocenters. The van der Waals surface area contributed by atoms with Crippen LogP contribution in [-0.2, 0) is 17.6 Å². The maximum absolute atomic E-state index is 12.4. The second-order valence-electron chi connectivity index (χ2n) is 6.27. The third-order valence-corrected chi connectivity index (χ3v) is 4.44. The molecule has 1 aliphatic heterocycles. The van der Waals surface area contributed by atoms with E-state index in [4.69, 9.17) is 0 Å². The standard InChI is InChI=1S/C20H21N3O4/c1-2-21-20(27)23-10-9-13-7-8-15(12-17(13)23)22-18(24)11-14-5-3-4-6-16(14)19(25)26/h3-8,12H,2,9-11H2,1H3,(H,21,27)(H,22,24)(H,25,26). The van der Waals surface area contributed by atoms with Crippen molar-refractivity contribution >= 4 is 29.3 Å². The Hall–Kier alpha value is -3.35. The third-order valence-electron chi connectivity index (χ3n) is 4.44. The lowest BCUT2D eigenvalue weighted by Crippen LogP contribution is -2.38. The molecule has 0 spiro atoms. The number of carboxylic acids is 1. The molecule has 1 aliphatic rings. The maximum Gasteiger partial charge on any atom is 0.335 e. The summed E-state index contributed by atoms with van der Waals surface area (Å²) >= 11 is 0. The van der Waals surface area contributed by atoms with Crippen LogP contribution in [-0.4, -0.2) is 36.1 Å². The molecule has 140 valence electrons. The van der Waals surface area contributed by atoms with E-state index in [1.54, 1.807) is 35.2 Å². The fraction of sp³-hybridized carbons (Fsp3) is 0.250. The van der Waals surface area contributed by atoms with Crippen LogP contribution >= 0.6 is 0 Å². The zero-order valence-corrected chi connectivity index (χ0v) is 15.0. The Morgan fingerprint density at radius 2 is 1.93 bits per heavy atom. The quantitative estimate of drug-likeness (QED) is 0.757. The first kappa shape index (κ1) is 18.4. The van der Waals surface area contributed by atoms with Crippen molar-refractivity contribution in [2.24, 2.45) is 0 Å². The van der Waals surface area contributed by atoms with Crippen molar-refractivity contribution in [1.29, 1.82) is 0 Å². The van der Waals surface area contributed by atoms with Crippen molar-refractivity contribution in [3.8, 4) is 0 Å². The average Bonchev–Trinajstić information content (AvgIpc) is 3.05. The normalized spacial score (nSPS) is 12.4. The fourth-order valence-electron chi connectivity index (χ4n) is 3.18. The summed E-state index contributed by atoms with van der Waals surface area (Å²) in [7, 11) is 0. The molecule has 3 rings (SSSR count). The molecule has 0 saturated carbocycles. The molecule has 0 atom stereocenters. The first-order valence-corrected chi connectivity index (χ1v) is 8.79. The van der Waals surface area contributed by atoms with Crippen LogP contribution in [0.25, 0.3) is 0 Å². The molecule has 2 aromatic rings. The molecular weight excluding hydrogens is 346 g/mol. The Balaban J connectivity index is 1.74. The molecule has 0 saturated heterocycles. The average molecular weight is 367 g/mol. The number of carbonyl (C=O) groups excluding carboxylic acids is 2. The van der Waals surface area contributed by atoms with Crippen LogP contribution < -0.4 is 15.5 Å². The molecule has 2 aromatic carbocycles. The largest absolute Gasteiger partial charge is 0.478 e. The zero-order valence-electron chi connectivity index (χ0n) is 15.0. The van der Waals surface area contributed by atoms with E-state index in [0.717, 1.165) is 17.7 Å². The van der Waals surface area contributed by atoms with Gasteiger partial charge in [-0.05, 0) is 42.7 Å². The van der Waals surface area contributed by atoms with Crippen molar-refractivity contribution in [2.75, 3.05) is 23.3 Å². The van der Waals surface area contributed by atoms with E-state index in [1.807, 2.05) is 13.0 Å². The van der Waals surface area contributed by atoms with Crippen molar-refractivity contribution < 1.29 is 19.5 Å². The van der Waals surface area contributed by atoms with Gasteiger partial charge in [-0.15, -0.1) is 0 Å². The Labute approximate surface area is 157 Å². The minimum atomic E-state index is -1.06. The lowest BCUT2D eigenvalue weighted by Gasteiger charge is -2.18. The molecule has 3 N–H and O–H groups in total. The third kappa shape index (κ3) is 4.08. The van der Waals surface area contributed by atoms with Crippen LogP contribution in [0.15, 0.2) is 42.5 Å². The molecule has 0 aromatic heterocycles. The molecule has 0 bridgehead atoms. The van der Waals surface area contributed by atoms with Gasteiger partial charge in [-0.1, -0.05) is 24.3 Å². The van der Waals surface area contributed by atoms with Gasteiger partial charge < -0.3 is 15.7 Å². The lowest BCUT2D eigenvalue weighted by atomic mass is 10.0. The van der Waals surface area contributed by atoms with Crippen LogP contribution in [0.3, 0.4) is 0 Å². The van der Waals surface area contributed by atoms with Crippen LogP contribution in [0, 0.1) is 0 Å². The number of hydrogen-bond acceptors (Lipinski definition) is 3. The fourth-order valence-corrected chi connectivity index (χ4v) is 3.18. The number of nitrogens with one attached hydrogen (secondary N) is 2. The first-order valence-electron chi connectivity index (χ1n) is 8.79. The number of hydrogen-bond donors (Lipinski definition) is 3. The lowest BCUT2D eigenvalue weighted by molar-refractivity contribution is -0.115. The predicted octanol–water partition coefficient (Wildman–Crippen LogP) is 2.66. The Morgan fingerprint density at radius 3 is 2.67 bits per heavy atom. The number of urea groups is 1. The predicted molar refractivity (Wildman–Crippen MR) is 102 cm³/mol. The second-order valence-corrected chi connectivity index (χ2v) is 6.27. The first-order chi connectivity index (χ1) is 13.0. The minimum absolute atomic E-state index is 0.0421. The van der Waals surface area contributed by atoms with Gasteiger partial charge in [-0.2, -0.15) is 0 Å². The summed E-state index contributed by atoms with van der Waals surface area (Å²) in [4.78, 5) is 37.5. The summed E-state index contributed by atoms with van der Waals surface area (Å²) in [6.07, 6.45) is 0.728. The van der Waals surface area contributed by atoms with Crippen LogP contribution in [0.2, 0.25) is 0 Å². The monoisotopic (exact) mass is 367 g/mol. The van der Waals surface area contributed by atoms with Gasteiger partial charge in [0.25, 0.3) is 0 Å². The zero-order chi connectivity index (χ0) is 19.4. The summed E-state index contributed by atoms with van der Waals surface area (Å²) in [6.45, 7) is 3.01. The van der Waals surface area contributed by atoms with E-state index in [9.17, 15) is 19.5 Å². The van der Waals surface area contributed by atoms with Gasteiger partial charge in [-0.3, -0.25) is 9.69 Å². The molecule has 27 heavy (non-hydrogen) atoms. The molecular formula is C20H21N3O4. The van der Waals surface area contributed by atoms with Gasteiger partial charge in [0.15, 0.2) is 0 Å². The van der Waals surface area contributed by atoms with E-state index in [0.29, 0.717) is 24.3 Å². The number of fused-ring (bicyclic) bond motifs is 1. The van der Waals surface area contributed by atoms with E-state index in [-0.39, 0.29) is 23.9 Å². The topological polar surface area (TPSA) is 98.7 Å². The highest BCUT2D eigenvalue weighted by Crippen LogP contribution is 2.31. The number of nitrogens with zero attached hydrogens (tertiary/aromatic N) is 1. The molecule has 0 aliphatic carbocycles. The summed E-state index contributed by atoms with van der Waals surface area (Å²) in [5.74, 6) is -1.38. The molecule has 0 fully saturated rings. The highest BCUT2D eigenvalue weighted by Gasteiger charge is 2.24. The SMILES string of the molecule is CCNC(=O)N1CCc2ccc(NC(=O)Cc3ccccc3C(=O)O)cc21. The number of carbonyl (C=O) groups is 3. The number of aromatic carboxylic acids is 1. The maximum atomic E-state index is 12.4. The van der Waals surface area contributed by atoms with Crippen molar-refractivity contribution in [3.63, 3.8) is 0 Å².